The molecule has 0 atom stereocenters. The molecular formula is C27H30O4. The summed E-state index contributed by atoms with van der Waals surface area (Å²) in [6.07, 6.45) is 4.24. The summed E-state index contributed by atoms with van der Waals surface area (Å²) in [5.74, 6) is 0.857. The van der Waals surface area contributed by atoms with E-state index >= 15 is 0 Å². The molecule has 0 aliphatic rings. The van der Waals surface area contributed by atoms with Gasteiger partial charge in [-0.1, -0.05) is 84.9 Å². The van der Waals surface area contributed by atoms with E-state index in [1.807, 2.05) is 36.4 Å². The van der Waals surface area contributed by atoms with Crippen molar-refractivity contribution in [3.8, 4) is 16.9 Å². The molecule has 162 valence electrons. The molecule has 0 radical (unpaired) electrons. The molecule has 0 fully saturated rings. The fourth-order valence-electron chi connectivity index (χ4n) is 3.04. The maximum absolute atomic E-state index is 5.97. The summed E-state index contributed by atoms with van der Waals surface area (Å²) in [5.41, 5.74) is 4.55. The lowest BCUT2D eigenvalue weighted by molar-refractivity contribution is 0.0180. The second kappa shape index (κ2) is 13.4. The van der Waals surface area contributed by atoms with E-state index in [0.29, 0.717) is 39.6 Å². The van der Waals surface area contributed by atoms with Gasteiger partial charge in [-0.05, 0) is 22.8 Å². The van der Waals surface area contributed by atoms with Crippen molar-refractivity contribution in [1.29, 1.82) is 0 Å². The molecule has 0 heterocycles. The van der Waals surface area contributed by atoms with Crippen LogP contribution in [0.15, 0.2) is 78.9 Å². The number of hydrogen-bond acceptors (Lipinski definition) is 4. The predicted molar refractivity (Wildman–Crippen MR) is 126 cm³/mol. The van der Waals surface area contributed by atoms with Crippen LogP contribution in [0, 0.1) is 0 Å². The van der Waals surface area contributed by atoms with E-state index in [-0.39, 0.29) is 0 Å². The molecule has 4 heteroatoms. The predicted octanol–water partition coefficient (Wildman–Crippen LogP) is 5.58. The summed E-state index contributed by atoms with van der Waals surface area (Å²) in [6, 6.07) is 26.9. The zero-order chi connectivity index (χ0) is 21.6. The quantitative estimate of drug-likeness (QED) is 0.268. The largest absolute Gasteiger partial charge is 0.491 e. The lowest BCUT2D eigenvalue weighted by atomic mass is 10.0. The van der Waals surface area contributed by atoms with Gasteiger partial charge in [0.15, 0.2) is 0 Å². The Morgan fingerprint density at radius 1 is 0.581 bits per heavy atom. The van der Waals surface area contributed by atoms with Crippen LogP contribution < -0.4 is 4.74 Å². The van der Waals surface area contributed by atoms with Crippen molar-refractivity contribution in [2.75, 3.05) is 46.8 Å². The summed E-state index contributed by atoms with van der Waals surface area (Å²) in [5, 5.41) is 0. The van der Waals surface area contributed by atoms with E-state index in [4.69, 9.17) is 18.9 Å². The molecular weight excluding hydrogens is 388 g/mol. The molecule has 0 saturated carbocycles. The molecule has 0 saturated heterocycles. The van der Waals surface area contributed by atoms with Gasteiger partial charge in [0.1, 0.15) is 12.4 Å². The lowest BCUT2D eigenvalue weighted by Crippen LogP contribution is -2.12. The molecule has 4 nitrogen and oxygen atoms in total. The molecule has 0 bridgehead atoms. The summed E-state index contributed by atoms with van der Waals surface area (Å²) >= 11 is 0. The number of para-hydroxylation sites is 1. The van der Waals surface area contributed by atoms with Crippen LogP contribution in [0.25, 0.3) is 23.3 Å². The van der Waals surface area contributed by atoms with Crippen LogP contribution in [0.2, 0.25) is 0 Å². The molecule has 3 aromatic rings. The van der Waals surface area contributed by atoms with Crippen LogP contribution in [0.5, 0.6) is 5.75 Å². The highest BCUT2D eigenvalue weighted by Crippen LogP contribution is 2.30. The lowest BCUT2D eigenvalue weighted by Gasteiger charge is -2.12. The molecule has 0 spiro atoms. The van der Waals surface area contributed by atoms with Gasteiger partial charge in [-0.15, -0.1) is 0 Å². The van der Waals surface area contributed by atoms with Crippen molar-refractivity contribution >= 4 is 12.2 Å². The summed E-state index contributed by atoms with van der Waals surface area (Å²) in [4.78, 5) is 0. The minimum atomic E-state index is 0.493. The van der Waals surface area contributed by atoms with E-state index in [1.54, 1.807) is 7.11 Å². The van der Waals surface area contributed by atoms with Crippen molar-refractivity contribution in [3.63, 3.8) is 0 Å². The Bertz CT molecular complexity index is 904. The third kappa shape index (κ3) is 8.02. The number of benzene rings is 3. The second-order valence-electron chi connectivity index (χ2n) is 6.93. The maximum atomic E-state index is 5.97. The third-order valence-corrected chi connectivity index (χ3v) is 4.67. The molecule has 3 rings (SSSR count). The minimum Gasteiger partial charge on any atom is -0.491 e. The Morgan fingerprint density at radius 2 is 1.16 bits per heavy atom. The Kier molecular flexibility index (Phi) is 9.83. The highest BCUT2D eigenvalue weighted by molar-refractivity contribution is 5.74. The van der Waals surface area contributed by atoms with Gasteiger partial charge >= 0.3 is 0 Å². The van der Waals surface area contributed by atoms with E-state index in [0.717, 1.165) is 22.4 Å². The Balaban J connectivity index is 1.50. The van der Waals surface area contributed by atoms with Gasteiger partial charge in [-0.3, -0.25) is 0 Å². The SMILES string of the molecule is COCCOCCOCCOc1ccccc1-c1ccc(C=Cc2ccccc2)cc1. The molecule has 31 heavy (non-hydrogen) atoms. The molecule has 0 aliphatic carbocycles. The highest BCUT2D eigenvalue weighted by atomic mass is 16.6. The fraction of sp³-hybridized carbons (Fsp3) is 0.259. The first-order chi connectivity index (χ1) is 15.4. The number of hydrogen-bond donors (Lipinski definition) is 0. The first-order valence-electron chi connectivity index (χ1n) is 10.6. The summed E-state index contributed by atoms with van der Waals surface area (Å²) < 4.78 is 21.8. The second-order valence-corrected chi connectivity index (χ2v) is 6.93. The van der Waals surface area contributed by atoms with Gasteiger partial charge in [0.25, 0.3) is 0 Å². The van der Waals surface area contributed by atoms with E-state index in [2.05, 4.69) is 54.6 Å². The molecule has 3 aromatic carbocycles. The topological polar surface area (TPSA) is 36.9 Å². The normalized spacial score (nSPS) is 11.1. The number of methoxy groups -OCH3 is 1. The third-order valence-electron chi connectivity index (χ3n) is 4.67. The number of ether oxygens (including phenoxy) is 4. The Labute approximate surface area is 185 Å². The van der Waals surface area contributed by atoms with Gasteiger partial charge in [0, 0.05) is 12.7 Å². The smallest absolute Gasteiger partial charge is 0.127 e. The maximum Gasteiger partial charge on any atom is 0.127 e. The monoisotopic (exact) mass is 418 g/mol. The van der Waals surface area contributed by atoms with Crippen LogP contribution in [0.4, 0.5) is 0 Å². The fourth-order valence-corrected chi connectivity index (χ4v) is 3.04. The van der Waals surface area contributed by atoms with Crippen LogP contribution in [0.1, 0.15) is 11.1 Å². The van der Waals surface area contributed by atoms with Gasteiger partial charge in [0.2, 0.25) is 0 Å². The van der Waals surface area contributed by atoms with Crippen LogP contribution in [0.3, 0.4) is 0 Å². The van der Waals surface area contributed by atoms with Crippen molar-refractivity contribution in [3.05, 3.63) is 90.0 Å². The van der Waals surface area contributed by atoms with E-state index in [1.165, 1.54) is 5.56 Å². The van der Waals surface area contributed by atoms with Crippen LogP contribution in [-0.4, -0.2) is 46.8 Å². The summed E-state index contributed by atoms with van der Waals surface area (Å²) in [7, 11) is 1.66. The van der Waals surface area contributed by atoms with E-state index in [9.17, 15) is 0 Å². The molecule has 0 N–H and O–H groups in total. The zero-order valence-electron chi connectivity index (χ0n) is 18.0. The van der Waals surface area contributed by atoms with Crippen molar-refractivity contribution < 1.29 is 18.9 Å². The van der Waals surface area contributed by atoms with Gasteiger partial charge in [-0.25, -0.2) is 0 Å². The van der Waals surface area contributed by atoms with Gasteiger partial charge in [-0.2, -0.15) is 0 Å². The standard InChI is InChI=1S/C27H30O4/c1-28-17-18-29-19-20-30-21-22-31-27-10-6-5-9-26(27)25-15-13-24(14-16-25)12-11-23-7-3-2-4-8-23/h2-16H,17-22H2,1H3. The average Bonchev–Trinajstić information content (AvgIpc) is 2.83. The van der Waals surface area contributed by atoms with Crippen molar-refractivity contribution in [2.24, 2.45) is 0 Å². The Hall–Kier alpha value is -2.92. The minimum absolute atomic E-state index is 0.493. The van der Waals surface area contributed by atoms with Crippen LogP contribution in [-0.2, 0) is 14.2 Å². The van der Waals surface area contributed by atoms with Gasteiger partial charge < -0.3 is 18.9 Å². The van der Waals surface area contributed by atoms with Gasteiger partial charge in [0.05, 0.1) is 33.0 Å². The highest BCUT2D eigenvalue weighted by Gasteiger charge is 2.05. The molecule has 0 aromatic heterocycles. The van der Waals surface area contributed by atoms with E-state index < -0.39 is 0 Å². The average molecular weight is 419 g/mol. The Morgan fingerprint density at radius 3 is 1.87 bits per heavy atom. The first-order valence-corrected chi connectivity index (χ1v) is 10.6. The molecule has 0 unspecified atom stereocenters. The molecule has 0 aliphatic heterocycles. The zero-order valence-corrected chi connectivity index (χ0v) is 18.0. The molecule has 0 amide bonds. The summed E-state index contributed by atoms with van der Waals surface area (Å²) in [6.45, 7) is 3.31. The number of rotatable bonds is 13. The van der Waals surface area contributed by atoms with Crippen LogP contribution >= 0.6 is 0 Å². The van der Waals surface area contributed by atoms with Crippen molar-refractivity contribution in [1.82, 2.24) is 0 Å². The van der Waals surface area contributed by atoms with Crippen molar-refractivity contribution in [2.45, 2.75) is 0 Å². The first kappa shape index (κ1) is 22.8.